The van der Waals surface area contributed by atoms with Crippen LogP contribution in [-0.2, 0) is 6.42 Å². The van der Waals surface area contributed by atoms with Crippen LogP contribution in [0.15, 0.2) is 60.7 Å². The Morgan fingerprint density at radius 3 is 2.20 bits per heavy atom. The average molecular weight is 287 g/mol. The molecule has 0 unspecified atom stereocenters. The number of nitro groups is 1. The molecule has 0 heterocycles. The Hall–Kier alpha value is -1.81. The Kier molecular flexibility index (Phi) is 5.62. The van der Waals surface area contributed by atoms with Gasteiger partial charge < -0.3 is 0 Å². The second kappa shape index (κ2) is 7.70. The summed E-state index contributed by atoms with van der Waals surface area (Å²) in [5, 5.41) is 10.7. The average Bonchev–Trinajstić information content (AvgIpc) is 2.48. The van der Waals surface area contributed by atoms with Crippen LogP contribution in [0, 0.1) is 10.1 Å². The van der Waals surface area contributed by atoms with Crippen molar-refractivity contribution >= 4 is 11.8 Å². The minimum Gasteiger partial charge on any atom is -0.264 e. The number of benzene rings is 2. The number of nitrogens with zero attached hydrogens (tertiary/aromatic N) is 1. The molecular weight excluding hydrogens is 270 g/mol. The molecule has 104 valence electrons. The molecule has 2 aromatic carbocycles. The molecule has 1 atom stereocenters. The highest BCUT2D eigenvalue weighted by Gasteiger charge is 2.17. The van der Waals surface area contributed by atoms with Gasteiger partial charge in [-0.3, -0.25) is 10.1 Å². The van der Waals surface area contributed by atoms with Crippen molar-refractivity contribution in [3.63, 3.8) is 0 Å². The van der Waals surface area contributed by atoms with Crippen LogP contribution in [0.25, 0.3) is 0 Å². The highest BCUT2D eigenvalue weighted by molar-refractivity contribution is 7.99. The molecule has 0 saturated carbocycles. The number of thioether (sulfide) groups is 1. The lowest BCUT2D eigenvalue weighted by Gasteiger charge is -2.13. The van der Waals surface area contributed by atoms with Crippen molar-refractivity contribution in [3.05, 3.63) is 81.9 Å². The van der Waals surface area contributed by atoms with Crippen LogP contribution in [0.4, 0.5) is 0 Å². The van der Waals surface area contributed by atoms with Gasteiger partial charge in [-0.2, -0.15) is 0 Å². The van der Waals surface area contributed by atoms with E-state index in [1.807, 2.05) is 48.5 Å². The van der Waals surface area contributed by atoms with Crippen molar-refractivity contribution in [3.8, 4) is 0 Å². The summed E-state index contributed by atoms with van der Waals surface area (Å²) in [4.78, 5) is 10.6. The van der Waals surface area contributed by atoms with Crippen molar-refractivity contribution in [2.24, 2.45) is 0 Å². The normalized spacial score (nSPS) is 12.0. The molecule has 0 fully saturated rings. The Morgan fingerprint density at radius 1 is 1.00 bits per heavy atom. The van der Waals surface area contributed by atoms with Gasteiger partial charge in [0, 0.05) is 4.92 Å². The van der Waals surface area contributed by atoms with E-state index in [-0.39, 0.29) is 16.7 Å². The lowest BCUT2D eigenvalue weighted by molar-refractivity contribution is -0.479. The fourth-order valence-corrected chi connectivity index (χ4v) is 3.24. The summed E-state index contributed by atoms with van der Waals surface area (Å²) in [6.07, 6.45) is 0.937. The first-order valence-corrected chi connectivity index (χ1v) is 7.63. The van der Waals surface area contributed by atoms with E-state index in [9.17, 15) is 10.1 Å². The van der Waals surface area contributed by atoms with Gasteiger partial charge in [-0.25, -0.2) is 0 Å². The quantitative estimate of drug-likeness (QED) is 0.571. The zero-order valence-corrected chi connectivity index (χ0v) is 12.0. The topological polar surface area (TPSA) is 43.1 Å². The van der Waals surface area contributed by atoms with E-state index < -0.39 is 0 Å². The van der Waals surface area contributed by atoms with Crippen molar-refractivity contribution in [1.29, 1.82) is 0 Å². The van der Waals surface area contributed by atoms with Gasteiger partial charge in [0.15, 0.2) is 0 Å². The van der Waals surface area contributed by atoms with Crippen molar-refractivity contribution in [2.45, 2.75) is 11.7 Å². The predicted octanol–water partition coefficient (Wildman–Crippen LogP) is 3.98. The van der Waals surface area contributed by atoms with Gasteiger partial charge >= 0.3 is 0 Å². The van der Waals surface area contributed by atoms with E-state index in [4.69, 9.17) is 0 Å². The number of rotatable bonds is 7. The minimum absolute atomic E-state index is 0.0243. The summed E-state index contributed by atoms with van der Waals surface area (Å²) in [7, 11) is 0. The first-order chi connectivity index (χ1) is 9.75. The molecule has 20 heavy (non-hydrogen) atoms. The third kappa shape index (κ3) is 4.70. The smallest absolute Gasteiger partial charge is 0.219 e. The highest BCUT2D eigenvalue weighted by atomic mass is 32.2. The lowest BCUT2D eigenvalue weighted by Crippen LogP contribution is -2.10. The molecule has 2 aromatic rings. The van der Waals surface area contributed by atoms with Gasteiger partial charge in [0.2, 0.25) is 6.54 Å². The summed E-state index contributed by atoms with van der Waals surface area (Å²) in [6, 6.07) is 19.9. The van der Waals surface area contributed by atoms with Gasteiger partial charge in [-0.05, 0) is 23.3 Å². The summed E-state index contributed by atoms with van der Waals surface area (Å²) in [5.74, 6) is 0.886. The van der Waals surface area contributed by atoms with Crippen LogP contribution in [-0.4, -0.2) is 17.2 Å². The zero-order chi connectivity index (χ0) is 14.2. The van der Waals surface area contributed by atoms with Crippen molar-refractivity contribution in [1.82, 2.24) is 0 Å². The number of hydrogen-bond donors (Lipinski definition) is 0. The maximum atomic E-state index is 10.8. The lowest BCUT2D eigenvalue weighted by atomic mass is 10.1. The van der Waals surface area contributed by atoms with Crippen LogP contribution in [0.3, 0.4) is 0 Å². The van der Waals surface area contributed by atoms with E-state index in [1.165, 1.54) is 5.56 Å². The molecule has 0 aromatic heterocycles. The summed E-state index contributed by atoms with van der Waals surface area (Å²) in [6.45, 7) is -0.0243. The molecule has 0 spiro atoms. The second-order valence-electron chi connectivity index (χ2n) is 4.52. The zero-order valence-electron chi connectivity index (χ0n) is 11.1. The molecule has 0 bridgehead atoms. The molecule has 3 nitrogen and oxygen atoms in total. The fraction of sp³-hybridized carbons (Fsp3) is 0.250. The highest BCUT2D eigenvalue weighted by Crippen LogP contribution is 2.29. The second-order valence-corrected chi connectivity index (χ2v) is 5.83. The van der Waals surface area contributed by atoms with Gasteiger partial charge in [0.05, 0.1) is 5.25 Å². The standard InChI is InChI=1S/C16H17NO2S/c18-17(19)13-16(15-9-5-2-6-10-15)20-12-11-14-7-3-1-4-8-14/h1-10,16H,11-13H2/t16-/m0/s1. The van der Waals surface area contributed by atoms with E-state index >= 15 is 0 Å². The van der Waals surface area contributed by atoms with E-state index in [0.29, 0.717) is 0 Å². The van der Waals surface area contributed by atoms with Crippen LogP contribution < -0.4 is 0 Å². The molecular formula is C16H17NO2S. The monoisotopic (exact) mass is 287 g/mol. The van der Waals surface area contributed by atoms with Gasteiger partial charge in [-0.1, -0.05) is 60.7 Å². The maximum Gasteiger partial charge on any atom is 0.219 e. The summed E-state index contributed by atoms with van der Waals surface area (Å²) >= 11 is 1.66. The number of aryl methyl sites for hydroxylation is 1. The van der Waals surface area contributed by atoms with Crippen molar-refractivity contribution in [2.75, 3.05) is 12.3 Å². The summed E-state index contributed by atoms with van der Waals surface area (Å²) < 4.78 is 0. The molecule has 0 aliphatic rings. The van der Waals surface area contributed by atoms with E-state index in [0.717, 1.165) is 17.7 Å². The van der Waals surface area contributed by atoms with E-state index in [1.54, 1.807) is 11.8 Å². The third-order valence-electron chi connectivity index (χ3n) is 3.04. The van der Waals surface area contributed by atoms with Crippen LogP contribution in [0.5, 0.6) is 0 Å². The predicted molar refractivity (Wildman–Crippen MR) is 83.6 cm³/mol. The Labute approximate surface area is 123 Å². The van der Waals surface area contributed by atoms with Crippen LogP contribution in [0.2, 0.25) is 0 Å². The van der Waals surface area contributed by atoms with Crippen molar-refractivity contribution < 1.29 is 4.92 Å². The summed E-state index contributed by atoms with van der Waals surface area (Å²) in [5.41, 5.74) is 2.30. The first kappa shape index (κ1) is 14.6. The van der Waals surface area contributed by atoms with Gasteiger partial charge in [-0.15, -0.1) is 11.8 Å². The molecule has 4 heteroatoms. The molecule has 0 N–H and O–H groups in total. The Morgan fingerprint density at radius 2 is 1.60 bits per heavy atom. The largest absolute Gasteiger partial charge is 0.264 e. The van der Waals surface area contributed by atoms with Crippen LogP contribution >= 0.6 is 11.8 Å². The third-order valence-corrected chi connectivity index (χ3v) is 4.30. The molecule has 2 rings (SSSR count). The maximum absolute atomic E-state index is 10.8. The number of hydrogen-bond acceptors (Lipinski definition) is 3. The molecule has 0 aliphatic carbocycles. The molecule has 0 aliphatic heterocycles. The fourth-order valence-electron chi connectivity index (χ4n) is 2.02. The first-order valence-electron chi connectivity index (χ1n) is 6.58. The van der Waals surface area contributed by atoms with E-state index in [2.05, 4.69) is 12.1 Å². The molecule has 0 radical (unpaired) electrons. The van der Waals surface area contributed by atoms with Crippen LogP contribution in [0.1, 0.15) is 16.4 Å². The Balaban J connectivity index is 1.93. The van der Waals surface area contributed by atoms with Gasteiger partial charge in [0.25, 0.3) is 0 Å². The minimum atomic E-state index is -0.229. The molecule has 0 amide bonds. The SMILES string of the molecule is O=[N+]([O-])C[C@H](SCCc1ccccc1)c1ccccc1. The van der Waals surface area contributed by atoms with Gasteiger partial charge in [0.1, 0.15) is 0 Å². The molecule has 0 saturated heterocycles. The Bertz CT molecular complexity index is 531.